The van der Waals surface area contributed by atoms with Crippen molar-refractivity contribution in [3.63, 3.8) is 0 Å². The van der Waals surface area contributed by atoms with Crippen molar-refractivity contribution >= 4 is 5.78 Å². The van der Waals surface area contributed by atoms with Gasteiger partial charge in [-0.15, -0.1) is 0 Å². The van der Waals surface area contributed by atoms with E-state index in [2.05, 4.69) is 15.1 Å². The summed E-state index contributed by atoms with van der Waals surface area (Å²) in [4.78, 5) is 21.2. The lowest BCUT2D eigenvalue weighted by Gasteiger charge is -2.21. The lowest BCUT2D eigenvalue weighted by molar-refractivity contribution is 0.575. The van der Waals surface area contributed by atoms with Crippen molar-refractivity contribution in [3.05, 3.63) is 52.3 Å². The van der Waals surface area contributed by atoms with Gasteiger partial charge in [0, 0.05) is 5.56 Å². The molecular formula is C15H15FN4O. The topological polar surface area (TPSA) is 63.1 Å². The number of rotatable bonds is 1. The maximum Gasteiger partial charge on any atom is 0.278 e. The van der Waals surface area contributed by atoms with Gasteiger partial charge in [0.05, 0.1) is 11.3 Å². The number of benzene rings is 1. The van der Waals surface area contributed by atoms with Gasteiger partial charge in [-0.2, -0.15) is 4.52 Å². The Bertz CT molecular complexity index is 856. The Balaban J connectivity index is 2.40. The summed E-state index contributed by atoms with van der Waals surface area (Å²) in [7, 11) is 0. The Hall–Kier alpha value is -2.50. The van der Waals surface area contributed by atoms with Gasteiger partial charge < -0.3 is 0 Å². The van der Waals surface area contributed by atoms with Crippen LogP contribution in [0.3, 0.4) is 0 Å². The third-order valence-corrected chi connectivity index (χ3v) is 3.30. The molecule has 0 saturated carbocycles. The minimum Gasteiger partial charge on any atom is -0.278 e. The average molecular weight is 286 g/mol. The minimum atomic E-state index is -0.403. The Morgan fingerprint density at radius 1 is 1.19 bits per heavy atom. The van der Waals surface area contributed by atoms with Crippen molar-refractivity contribution in [2.45, 2.75) is 26.2 Å². The fraction of sp³-hybridized carbons (Fsp3) is 0.267. The maximum absolute atomic E-state index is 13.1. The van der Waals surface area contributed by atoms with Gasteiger partial charge in [0.15, 0.2) is 0 Å². The molecule has 2 aromatic heterocycles. The number of fused-ring (bicyclic) bond motifs is 1. The van der Waals surface area contributed by atoms with E-state index in [1.54, 1.807) is 12.1 Å². The second-order valence-corrected chi connectivity index (χ2v) is 5.92. The van der Waals surface area contributed by atoms with Crippen LogP contribution in [0.1, 0.15) is 26.3 Å². The summed E-state index contributed by atoms with van der Waals surface area (Å²) in [5.74, 6) is -0.0269. The predicted molar refractivity (Wildman–Crippen MR) is 77.7 cm³/mol. The van der Waals surface area contributed by atoms with Crippen LogP contribution in [-0.4, -0.2) is 19.6 Å². The molecule has 0 unspecified atom stereocenters. The van der Waals surface area contributed by atoms with Crippen LogP contribution in [0, 0.1) is 5.82 Å². The fourth-order valence-electron chi connectivity index (χ4n) is 2.35. The zero-order valence-electron chi connectivity index (χ0n) is 12.0. The van der Waals surface area contributed by atoms with Crippen LogP contribution >= 0.6 is 0 Å². The Morgan fingerprint density at radius 3 is 2.48 bits per heavy atom. The van der Waals surface area contributed by atoms with Gasteiger partial charge in [-0.25, -0.2) is 14.4 Å². The quantitative estimate of drug-likeness (QED) is 0.747. The second-order valence-electron chi connectivity index (χ2n) is 5.92. The second kappa shape index (κ2) is 4.51. The van der Waals surface area contributed by atoms with Crippen LogP contribution in [0.2, 0.25) is 0 Å². The minimum absolute atomic E-state index is 0.190. The Morgan fingerprint density at radius 2 is 1.86 bits per heavy atom. The molecule has 3 aromatic rings. The maximum atomic E-state index is 13.1. The highest BCUT2D eigenvalue weighted by atomic mass is 19.1. The van der Waals surface area contributed by atoms with Gasteiger partial charge in [-0.1, -0.05) is 20.8 Å². The van der Waals surface area contributed by atoms with Crippen LogP contribution in [0.5, 0.6) is 0 Å². The monoisotopic (exact) mass is 286 g/mol. The number of nitrogens with zero attached hydrogens (tertiary/aromatic N) is 3. The molecule has 108 valence electrons. The molecular weight excluding hydrogens is 271 g/mol. The van der Waals surface area contributed by atoms with E-state index in [4.69, 9.17) is 0 Å². The molecule has 0 aliphatic carbocycles. The molecule has 0 bridgehead atoms. The summed E-state index contributed by atoms with van der Waals surface area (Å²) in [6.07, 6.45) is 1.42. The van der Waals surface area contributed by atoms with Crippen molar-refractivity contribution in [2.75, 3.05) is 0 Å². The third-order valence-electron chi connectivity index (χ3n) is 3.30. The zero-order chi connectivity index (χ0) is 15.2. The number of hydrogen-bond acceptors (Lipinski definition) is 3. The van der Waals surface area contributed by atoms with Gasteiger partial charge in [0.25, 0.3) is 11.3 Å². The third kappa shape index (κ3) is 2.22. The standard InChI is InChI=1S/C15H15FN4O/c1-15(2,3)11-12(9-4-6-10(16)7-5-9)19-14-17-8-18-20(14)13(11)21/h4-8H,1-3H3,(H,17,18,19). The smallest absolute Gasteiger partial charge is 0.278 e. The molecule has 0 amide bonds. The molecule has 0 saturated heterocycles. The number of aromatic amines is 1. The molecule has 0 aliphatic rings. The summed E-state index contributed by atoms with van der Waals surface area (Å²) in [5.41, 5.74) is 1.21. The average Bonchev–Trinajstić information content (AvgIpc) is 2.86. The summed E-state index contributed by atoms with van der Waals surface area (Å²) in [5, 5.41) is 2.76. The van der Waals surface area contributed by atoms with Gasteiger partial charge in [-0.05, 0) is 29.7 Å². The number of aromatic nitrogens is 4. The van der Waals surface area contributed by atoms with Crippen LogP contribution in [0.4, 0.5) is 4.39 Å². The molecule has 3 rings (SSSR count). The molecule has 2 heterocycles. The first-order chi connectivity index (χ1) is 9.88. The highest BCUT2D eigenvalue weighted by Gasteiger charge is 2.26. The number of nitrogens with one attached hydrogen (secondary N) is 1. The van der Waals surface area contributed by atoms with Crippen LogP contribution in [0.25, 0.3) is 17.0 Å². The molecule has 1 aromatic carbocycles. The lowest BCUT2D eigenvalue weighted by atomic mass is 9.85. The number of halogens is 1. The van der Waals surface area contributed by atoms with Gasteiger partial charge in [-0.3, -0.25) is 9.89 Å². The molecule has 0 atom stereocenters. The van der Waals surface area contributed by atoms with Crippen LogP contribution in [0.15, 0.2) is 35.4 Å². The van der Waals surface area contributed by atoms with E-state index in [0.717, 1.165) is 0 Å². The highest BCUT2D eigenvalue weighted by Crippen LogP contribution is 2.29. The van der Waals surface area contributed by atoms with E-state index < -0.39 is 5.41 Å². The lowest BCUT2D eigenvalue weighted by Crippen LogP contribution is -2.30. The van der Waals surface area contributed by atoms with Crippen molar-refractivity contribution in [3.8, 4) is 11.3 Å². The molecule has 6 heteroatoms. The number of hydrogen-bond donors (Lipinski definition) is 1. The summed E-state index contributed by atoms with van der Waals surface area (Å²) < 4.78 is 14.4. The molecule has 5 nitrogen and oxygen atoms in total. The van der Waals surface area contributed by atoms with Gasteiger partial charge in [0.2, 0.25) is 0 Å². The van der Waals surface area contributed by atoms with E-state index in [1.807, 2.05) is 20.8 Å². The predicted octanol–water partition coefficient (Wildman–Crippen LogP) is 2.52. The normalized spacial score (nSPS) is 12.0. The SMILES string of the molecule is CC(C)(C)c1c(-c2ccc(F)cc2)nc2nc[nH]n2c1=O. The Kier molecular flexibility index (Phi) is 2.90. The van der Waals surface area contributed by atoms with E-state index in [0.29, 0.717) is 22.6 Å². The van der Waals surface area contributed by atoms with Crippen LogP contribution in [-0.2, 0) is 5.41 Å². The van der Waals surface area contributed by atoms with Gasteiger partial charge >= 0.3 is 0 Å². The molecule has 0 radical (unpaired) electrons. The highest BCUT2D eigenvalue weighted by molar-refractivity contribution is 5.65. The van der Waals surface area contributed by atoms with Crippen molar-refractivity contribution < 1.29 is 4.39 Å². The summed E-state index contributed by atoms with van der Waals surface area (Å²) in [6, 6.07) is 5.95. The summed E-state index contributed by atoms with van der Waals surface area (Å²) >= 11 is 0. The first-order valence-electron chi connectivity index (χ1n) is 6.60. The van der Waals surface area contributed by atoms with Crippen molar-refractivity contribution in [2.24, 2.45) is 0 Å². The first kappa shape index (κ1) is 13.5. The van der Waals surface area contributed by atoms with E-state index in [-0.39, 0.29) is 11.4 Å². The largest absolute Gasteiger partial charge is 0.278 e. The summed E-state index contributed by atoms with van der Waals surface area (Å²) in [6.45, 7) is 5.84. The zero-order valence-corrected chi connectivity index (χ0v) is 12.0. The molecule has 1 N–H and O–H groups in total. The van der Waals surface area contributed by atoms with Crippen molar-refractivity contribution in [1.29, 1.82) is 0 Å². The molecule has 21 heavy (non-hydrogen) atoms. The van der Waals surface area contributed by atoms with Crippen molar-refractivity contribution in [1.82, 2.24) is 19.6 Å². The van der Waals surface area contributed by atoms with E-state index >= 15 is 0 Å². The Labute approximate surface area is 120 Å². The fourth-order valence-corrected chi connectivity index (χ4v) is 2.35. The molecule has 0 spiro atoms. The molecule has 0 fully saturated rings. The number of H-pyrrole nitrogens is 1. The first-order valence-corrected chi connectivity index (χ1v) is 6.60. The van der Waals surface area contributed by atoms with E-state index in [1.165, 1.54) is 23.0 Å². The molecule has 0 aliphatic heterocycles. The van der Waals surface area contributed by atoms with Crippen LogP contribution < -0.4 is 5.56 Å². The van der Waals surface area contributed by atoms with E-state index in [9.17, 15) is 9.18 Å². The van der Waals surface area contributed by atoms with Gasteiger partial charge in [0.1, 0.15) is 12.1 Å².